The van der Waals surface area contributed by atoms with Crippen molar-refractivity contribution in [3.8, 4) is 5.82 Å². The lowest BCUT2D eigenvalue weighted by atomic mass is 10.1. The summed E-state index contributed by atoms with van der Waals surface area (Å²) in [5.41, 5.74) is 3.53. The standard InChI is InChI=1S/C22H25ClN6O/c1-15-10-16(2)29(27-15)20-7-6-17(12-24-20)13-25-21-19(23)11-18(14-26-21)22(30)28-8-4-3-5-9-28/h6-7,10-12,14H,3-5,8-9,13H2,1-2H3,(H,25,26). The number of carbonyl (C=O) groups is 1. The first-order chi connectivity index (χ1) is 14.5. The molecule has 1 aliphatic heterocycles. The summed E-state index contributed by atoms with van der Waals surface area (Å²) in [4.78, 5) is 23.4. The Balaban J connectivity index is 1.40. The predicted octanol–water partition coefficient (Wildman–Crippen LogP) is 4.17. The van der Waals surface area contributed by atoms with Crippen LogP contribution < -0.4 is 5.32 Å². The smallest absolute Gasteiger partial charge is 0.255 e. The maximum Gasteiger partial charge on any atom is 0.255 e. The zero-order valence-electron chi connectivity index (χ0n) is 17.2. The summed E-state index contributed by atoms with van der Waals surface area (Å²) in [5, 5.41) is 8.11. The normalized spacial score (nSPS) is 14.0. The van der Waals surface area contributed by atoms with Crippen molar-refractivity contribution in [3.05, 3.63) is 64.2 Å². The molecule has 0 spiro atoms. The van der Waals surface area contributed by atoms with Gasteiger partial charge in [0.1, 0.15) is 5.82 Å². The summed E-state index contributed by atoms with van der Waals surface area (Å²) in [6.07, 6.45) is 6.69. The first-order valence-electron chi connectivity index (χ1n) is 10.2. The van der Waals surface area contributed by atoms with Gasteiger partial charge in [0.2, 0.25) is 0 Å². The minimum absolute atomic E-state index is 0.000379. The maximum absolute atomic E-state index is 12.6. The average Bonchev–Trinajstić information content (AvgIpc) is 3.11. The molecule has 30 heavy (non-hydrogen) atoms. The number of anilines is 1. The molecule has 156 valence electrons. The molecule has 1 fully saturated rings. The van der Waals surface area contributed by atoms with Gasteiger partial charge in [0, 0.05) is 37.7 Å². The third kappa shape index (κ3) is 4.46. The second-order valence-electron chi connectivity index (χ2n) is 7.62. The van der Waals surface area contributed by atoms with Gasteiger partial charge in [-0.05, 0) is 56.9 Å². The molecule has 0 aliphatic carbocycles. The zero-order chi connectivity index (χ0) is 21.1. The van der Waals surface area contributed by atoms with Crippen LogP contribution >= 0.6 is 11.6 Å². The van der Waals surface area contributed by atoms with Crippen LogP contribution in [0.25, 0.3) is 5.82 Å². The summed E-state index contributed by atoms with van der Waals surface area (Å²) in [5.74, 6) is 1.33. The Bertz CT molecular complexity index is 1040. The SMILES string of the molecule is Cc1cc(C)n(-c2ccc(CNc3ncc(C(=O)N4CCCCC4)cc3Cl)cn2)n1. The fraction of sp³-hybridized carbons (Fsp3) is 0.364. The topological polar surface area (TPSA) is 75.9 Å². The monoisotopic (exact) mass is 424 g/mol. The van der Waals surface area contributed by atoms with E-state index in [-0.39, 0.29) is 5.91 Å². The lowest BCUT2D eigenvalue weighted by molar-refractivity contribution is 0.0724. The molecule has 0 atom stereocenters. The van der Waals surface area contributed by atoms with Crippen LogP contribution in [0.5, 0.6) is 0 Å². The van der Waals surface area contributed by atoms with E-state index in [1.807, 2.05) is 41.6 Å². The molecule has 0 saturated carbocycles. The van der Waals surface area contributed by atoms with Crippen molar-refractivity contribution in [1.82, 2.24) is 24.6 Å². The maximum atomic E-state index is 12.6. The van der Waals surface area contributed by atoms with Crippen molar-refractivity contribution in [2.45, 2.75) is 39.7 Å². The van der Waals surface area contributed by atoms with Gasteiger partial charge >= 0.3 is 0 Å². The molecule has 1 saturated heterocycles. The highest BCUT2D eigenvalue weighted by molar-refractivity contribution is 6.33. The van der Waals surface area contributed by atoms with Crippen LogP contribution in [-0.2, 0) is 6.54 Å². The van der Waals surface area contributed by atoms with Gasteiger partial charge in [0.15, 0.2) is 5.82 Å². The van der Waals surface area contributed by atoms with Crippen LogP contribution in [0.1, 0.15) is 46.6 Å². The number of pyridine rings is 2. The molecule has 4 heterocycles. The van der Waals surface area contributed by atoms with Crippen molar-refractivity contribution >= 4 is 23.3 Å². The van der Waals surface area contributed by atoms with Gasteiger partial charge in [-0.3, -0.25) is 4.79 Å². The first-order valence-corrected chi connectivity index (χ1v) is 10.6. The van der Waals surface area contributed by atoms with Crippen LogP contribution in [0.4, 0.5) is 5.82 Å². The summed E-state index contributed by atoms with van der Waals surface area (Å²) in [6, 6.07) is 7.64. The van der Waals surface area contributed by atoms with E-state index in [0.717, 1.165) is 48.7 Å². The van der Waals surface area contributed by atoms with Gasteiger partial charge in [-0.15, -0.1) is 0 Å². The second-order valence-corrected chi connectivity index (χ2v) is 8.03. The largest absolute Gasteiger partial charge is 0.365 e. The Morgan fingerprint density at radius 2 is 1.90 bits per heavy atom. The molecule has 0 aromatic carbocycles. The third-order valence-electron chi connectivity index (χ3n) is 5.23. The van der Waals surface area contributed by atoms with E-state index >= 15 is 0 Å². The van der Waals surface area contributed by atoms with E-state index in [4.69, 9.17) is 11.6 Å². The number of nitrogens with zero attached hydrogens (tertiary/aromatic N) is 5. The van der Waals surface area contributed by atoms with Crippen molar-refractivity contribution in [3.63, 3.8) is 0 Å². The molecule has 1 aliphatic rings. The summed E-state index contributed by atoms with van der Waals surface area (Å²) >= 11 is 6.38. The fourth-order valence-corrected chi connectivity index (χ4v) is 3.89. The first kappa shape index (κ1) is 20.3. The highest BCUT2D eigenvalue weighted by Crippen LogP contribution is 2.22. The van der Waals surface area contributed by atoms with E-state index < -0.39 is 0 Å². The molecule has 7 nitrogen and oxygen atoms in total. The lowest BCUT2D eigenvalue weighted by Gasteiger charge is -2.26. The Labute approximate surface area is 181 Å². The number of amides is 1. The van der Waals surface area contributed by atoms with E-state index in [1.165, 1.54) is 6.42 Å². The number of aromatic nitrogens is 4. The van der Waals surface area contributed by atoms with Crippen LogP contribution in [0.2, 0.25) is 5.02 Å². The van der Waals surface area contributed by atoms with Crippen molar-refractivity contribution in [1.29, 1.82) is 0 Å². The van der Waals surface area contributed by atoms with Crippen LogP contribution in [0, 0.1) is 13.8 Å². The highest BCUT2D eigenvalue weighted by Gasteiger charge is 2.19. The Morgan fingerprint density at radius 1 is 1.10 bits per heavy atom. The summed E-state index contributed by atoms with van der Waals surface area (Å²) in [7, 11) is 0. The minimum atomic E-state index is -0.000379. The molecule has 8 heteroatoms. The second kappa shape index (κ2) is 8.83. The van der Waals surface area contributed by atoms with Gasteiger partial charge in [0.25, 0.3) is 5.91 Å². The summed E-state index contributed by atoms with van der Waals surface area (Å²) in [6.45, 7) is 6.10. The van der Waals surface area contributed by atoms with E-state index in [1.54, 1.807) is 18.5 Å². The van der Waals surface area contributed by atoms with Crippen molar-refractivity contribution in [2.75, 3.05) is 18.4 Å². The molecular formula is C22H25ClN6O. The van der Waals surface area contributed by atoms with Crippen LogP contribution in [0.3, 0.4) is 0 Å². The van der Waals surface area contributed by atoms with E-state index in [0.29, 0.717) is 22.9 Å². The fourth-order valence-electron chi connectivity index (χ4n) is 3.66. The van der Waals surface area contributed by atoms with Crippen LogP contribution in [0.15, 0.2) is 36.7 Å². The van der Waals surface area contributed by atoms with Crippen LogP contribution in [-0.4, -0.2) is 43.6 Å². The number of hydrogen-bond donors (Lipinski definition) is 1. The zero-order valence-corrected chi connectivity index (χ0v) is 18.0. The molecule has 1 amide bonds. The molecule has 0 radical (unpaired) electrons. The van der Waals surface area contributed by atoms with Gasteiger partial charge in [-0.25, -0.2) is 14.6 Å². The molecular weight excluding hydrogens is 400 g/mol. The Morgan fingerprint density at radius 3 is 2.53 bits per heavy atom. The predicted molar refractivity (Wildman–Crippen MR) is 117 cm³/mol. The number of hydrogen-bond acceptors (Lipinski definition) is 5. The number of nitrogens with one attached hydrogen (secondary N) is 1. The number of piperidine rings is 1. The van der Waals surface area contributed by atoms with Gasteiger partial charge in [-0.1, -0.05) is 17.7 Å². The molecule has 0 bridgehead atoms. The Hall–Kier alpha value is -2.93. The van der Waals surface area contributed by atoms with E-state index in [2.05, 4.69) is 20.4 Å². The summed E-state index contributed by atoms with van der Waals surface area (Å²) < 4.78 is 1.82. The number of halogens is 1. The number of aryl methyl sites for hydroxylation is 2. The number of carbonyl (C=O) groups excluding carboxylic acids is 1. The molecule has 3 aromatic rings. The quantitative estimate of drug-likeness (QED) is 0.665. The highest BCUT2D eigenvalue weighted by atomic mass is 35.5. The van der Waals surface area contributed by atoms with Crippen molar-refractivity contribution < 1.29 is 4.79 Å². The lowest BCUT2D eigenvalue weighted by Crippen LogP contribution is -2.35. The Kier molecular flexibility index (Phi) is 5.99. The molecule has 4 rings (SSSR count). The van der Waals surface area contributed by atoms with E-state index in [9.17, 15) is 4.79 Å². The van der Waals surface area contributed by atoms with Gasteiger partial charge < -0.3 is 10.2 Å². The number of rotatable bonds is 5. The minimum Gasteiger partial charge on any atom is -0.365 e. The average molecular weight is 425 g/mol. The number of likely N-dealkylation sites (tertiary alicyclic amines) is 1. The van der Waals surface area contributed by atoms with Crippen molar-refractivity contribution in [2.24, 2.45) is 0 Å². The van der Waals surface area contributed by atoms with Gasteiger partial charge in [-0.2, -0.15) is 5.10 Å². The third-order valence-corrected chi connectivity index (χ3v) is 5.52. The molecule has 0 unspecified atom stereocenters. The molecule has 1 N–H and O–H groups in total. The van der Waals surface area contributed by atoms with Gasteiger partial charge in [0.05, 0.1) is 16.3 Å². The molecule has 3 aromatic heterocycles.